The van der Waals surface area contributed by atoms with E-state index in [-0.39, 0.29) is 23.9 Å². The summed E-state index contributed by atoms with van der Waals surface area (Å²) in [6.45, 7) is 1.18. The standard InChI is InChI=1S/C18H24ClN3O2/c19-14-7-2-6-13(10-14)15-11-16(15)22-18(24)21-9-3-8-20-17(23)12-4-1-5-12/h2,6-7,10,12,15-16H,1,3-5,8-9,11H2,(H,20,23)(H2,21,22,24). The fraction of sp³-hybridized carbons (Fsp3) is 0.556. The van der Waals surface area contributed by atoms with Gasteiger partial charge in [0.1, 0.15) is 0 Å². The van der Waals surface area contributed by atoms with Crippen LogP contribution in [0.5, 0.6) is 0 Å². The quantitative estimate of drug-likeness (QED) is 0.662. The minimum Gasteiger partial charge on any atom is -0.356 e. The lowest BCUT2D eigenvalue weighted by Gasteiger charge is -2.23. The fourth-order valence-corrected chi connectivity index (χ4v) is 3.19. The van der Waals surface area contributed by atoms with Gasteiger partial charge in [-0.15, -0.1) is 0 Å². The van der Waals surface area contributed by atoms with Gasteiger partial charge in [-0.05, 0) is 43.4 Å². The van der Waals surface area contributed by atoms with Gasteiger partial charge in [-0.1, -0.05) is 30.2 Å². The smallest absolute Gasteiger partial charge is 0.315 e. The van der Waals surface area contributed by atoms with Crippen molar-refractivity contribution in [1.29, 1.82) is 0 Å². The largest absolute Gasteiger partial charge is 0.356 e. The predicted octanol–water partition coefficient (Wildman–Crippen LogP) is 2.80. The van der Waals surface area contributed by atoms with Crippen molar-refractivity contribution >= 4 is 23.5 Å². The van der Waals surface area contributed by atoms with Gasteiger partial charge >= 0.3 is 6.03 Å². The van der Waals surface area contributed by atoms with Gasteiger partial charge < -0.3 is 16.0 Å². The summed E-state index contributed by atoms with van der Waals surface area (Å²) in [6, 6.07) is 7.83. The molecule has 0 spiro atoms. The maximum absolute atomic E-state index is 11.9. The molecule has 0 aromatic heterocycles. The summed E-state index contributed by atoms with van der Waals surface area (Å²) >= 11 is 5.99. The first-order chi connectivity index (χ1) is 11.6. The Morgan fingerprint density at radius 3 is 2.67 bits per heavy atom. The lowest BCUT2D eigenvalue weighted by Crippen LogP contribution is -2.39. The van der Waals surface area contributed by atoms with Crippen LogP contribution in [0.15, 0.2) is 24.3 Å². The lowest BCUT2D eigenvalue weighted by molar-refractivity contribution is -0.127. The molecule has 24 heavy (non-hydrogen) atoms. The van der Waals surface area contributed by atoms with Crippen LogP contribution in [0.3, 0.4) is 0 Å². The van der Waals surface area contributed by atoms with Crippen LogP contribution in [0.2, 0.25) is 5.02 Å². The summed E-state index contributed by atoms with van der Waals surface area (Å²) in [7, 11) is 0. The summed E-state index contributed by atoms with van der Waals surface area (Å²) in [5.74, 6) is 0.740. The number of carbonyl (C=O) groups is 2. The van der Waals surface area contributed by atoms with Gasteiger partial charge in [0.2, 0.25) is 5.91 Å². The molecule has 0 bridgehead atoms. The molecule has 0 heterocycles. The molecule has 6 heteroatoms. The molecule has 0 saturated heterocycles. The third-order valence-electron chi connectivity index (χ3n) is 4.80. The van der Waals surface area contributed by atoms with Gasteiger partial charge in [0.25, 0.3) is 0 Å². The minimum absolute atomic E-state index is 0.144. The van der Waals surface area contributed by atoms with Crippen molar-refractivity contribution in [2.75, 3.05) is 13.1 Å². The molecule has 3 rings (SSSR count). The minimum atomic E-state index is -0.144. The second-order valence-electron chi connectivity index (χ2n) is 6.68. The van der Waals surface area contributed by atoms with E-state index in [2.05, 4.69) is 16.0 Å². The number of amides is 3. The Hall–Kier alpha value is -1.75. The molecular formula is C18H24ClN3O2. The van der Waals surface area contributed by atoms with Crippen LogP contribution in [0.4, 0.5) is 4.79 Å². The van der Waals surface area contributed by atoms with Gasteiger partial charge in [0, 0.05) is 36.0 Å². The second-order valence-corrected chi connectivity index (χ2v) is 7.11. The van der Waals surface area contributed by atoms with E-state index < -0.39 is 0 Å². The van der Waals surface area contributed by atoms with Gasteiger partial charge in [0.15, 0.2) is 0 Å². The third kappa shape index (κ3) is 4.63. The SMILES string of the molecule is O=C(NCCCNC(=O)C1CCC1)NC1CC1c1cccc(Cl)c1. The molecule has 2 unspecified atom stereocenters. The molecule has 0 radical (unpaired) electrons. The summed E-state index contributed by atoms with van der Waals surface area (Å²) in [5.41, 5.74) is 1.17. The number of hydrogen-bond donors (Lipinski definition) is 3. The summed E-state index contributed by atoms with van der Waals surface area (Å²) < 4.78 is 0. The predicted molar refractivity (Wildman–Crippen MR) is 94.1 cm³/mol. The zero-order valence-electron chi connectivity index (χ0n) is 13.7. The number of hydrogen-bond acceptors (Lipinski definition) is 2. The fourth-order valence-electron chi connectivity index (χ4n) is 3.00. The van der Waals surface area contributed by atoms with E-state index in [1.54, 1.807) is 0 Å². The summed E-state index contributed by atoms with van der Waals surface area (Å²) in [6.07, 6.45) is 4.89. The van der Waals surface area contributed by atoms with E-state index >= 15 is 0 Å². The van der Waals surface area contributed by atoms with Gasteiger partial charge in [-0.2, -0.15) is 0 Å². The molecule has 2 atom stereocenters. The zero-order chi connectivity index (χ0) is 16.9. The number of rotatable bonds is 7. The lowest BCUT2D eigenvalue weighted by atomic mass is 9.85. The highest BCUT2D eigenvalue weighted by atomic mass is 35.5. The second kappa shape index (κ2) is 7.88. The maximum Gasteiger partial charge on any atom is 0.315 e. The molecule has 5 nitrogen and oxygen atoms in total. The maximum atomic E-state index is 11.9. The van der Waals surface area contributed by atoms with Crippen LogP contribution in [0, 0.1) is 5.92 Å². The molecule has 1 aromatic carbocycles. The average Bonchev–Trinajstić information content (AvgIpc) is 3.24. The Morgan fingerprint density at radius 2 is 1.96 bits per heavy atom. The Balaban J connectivity index is 1.26. The van der Waals surface area contributed by atoms with E-state index in [4.69, 9.17) is 11.6 Å². The molecule has 2 aliphatic carbocycles. The molecule has 0 aliphatic heterocycles. The van der Waals surface area contributed by atoms with E-state index in [1.807, 2.05) is 24.3 Å². The molecule has 130 valence electrons. The van der Waals surface area contributed by atoms with Crippen LogP contribution < -0.4 is 16.0 Å². The first kappa shape index (κ1) is 17.1. The van der Waals surface area contributed by atoms with Crippen LogP contribution in [-0.4, -0.2) is 31.1 Å². The number of halogens is 1. The topological polar surface area (TPSA) is 70.2 Å². The molecule has 2 saturated carbocycles. The molecule has 2 aliphatic rings. The van der Waals surface area contributed by atoms with Crippen LogP contribution >= 0.6 is 11.6 Å². The number of nitrogens with one attached hydrogen (secondary N) is 3. The van der Waals surface area contributed by atoms with Crippen molar-refractivity contribution in [3.63, 3.8) is 0 Å². The highest BCUT2D eigenvalue weighted by molar-refractivity contribution is 6.30. The van der Waals surface area contributed by atoms with E-state index in [0.717, 1.165) is 37.1 Å². The van der Waals surface area contributed by atoms with Crippen LogP contribution in [-0.2, 0) is 4.79 Å². The van der Waals surface area contributed by atoms with E-state index in [0.29, 0.717) is 19.0 Å². The Kier molecular flexibility index (Phi) is 5.61. The molecule has 2 fully saturated rings. The monoisotopic (exact) mass is 349 g/mol. The van der Waals surface area contributed by atoms with Crippen LogP contribution in [0.25, 0.3) is 0 Å². The molecule has 3 amide bonds. The number of benzene rings is 1. The first-order valence-corrected chi connectivity index (χ1v) is 9.09. The van der Waals surface area contributed by atoms with Gasteiger partial charge in [-0.25, -0.2) is 4.79 Å². The van der Waals surface area contributed by atoms with Crippen molar-refractivity contribution in [1.82, 2.24) is 16.0 Å². The number of carbonyl (C=O) groups excluding carboxylic acids is 2. The van der Waals surface area contributed by atoms with Crippen molar-refractivity contribution in [3.05, 3.63) is 34.9 Å². The van der Waals surface area contributed by atoms with Crippen molar-refractivity contribution in [2.45, 2.75) is 44.1 Å². The Labute approximate surface area is 147 Å². The molecule has 1 aromatic rings. The first-order valence-electron chi connectivity index (χ1n) is 8.71. The highest BCUT2D eigenvalue weighted by Gasteiger charge is 2.39. The average molecular weight is 350 g/mol. The Bertz CT molecular complexity index is 604. The van der Waals surface area contributed by atoms with E-state index in [9.17, 15) is 9.59 Å². The van der Waals surface area contributed by atoms with E-state index in [1.165, 1.54) is 5.56 Å². The zero-order valence-corrected chi connectivity index (χ0v) is 14.4. The van der Waals surface area contributed by atoms with Crippen molar-refractivity contribution in [3.8, 4) is 0 Å². The highest BCUT2D eigenvalue weighted by Crippen LogP contribution is 2.41. The summed E-state index contributed by atoms with van der Waals surface area (Å²) in [5, 5.41) is 9.47. The van der Waals surface area contributed by atoms with Crippen molar-refractivity contribution < 1.29 is 9.59 Å². The third-order valence-corrected chi connectivity index (χ3v) is 5.03. The van der Waals surface area contributed by atoms with Gasteiger partial charge in [-0.3, -0.25) is 4.79 Å². The number of urea groups is 1. The normalized spacial score (nSPS) is 22.4. The van der Waals surface area contributed by atoms with Gasteiger partial charge in [0.05, 0.1) is 0 Å². The van der Waals surface area contributed by atoms with Crippen molar-refractivity contribution in [2.24, 2.45) is 5.92 Å². The molecular weight excluding hydrogens is 326 g/mol. The summed E-state index contributed by atoms with van der Waals surface area (Å²) in [4.78, 5) is 23.5. The Morgan fingerprint density at radius 1 is 1.17 bits per heavy atom. The van der Waals surface area contributed by atoms with Crippen LogP contribution in [0.1, 0.15) is 43.6 Å². The molecule has 3 N–H and O–H groups in total.